The summed E-state index contributed by atoms with van der Waals surface area (Å²) in [5, 5.41) is 2.12. The molecule has 0 saturated heterocycles. The van der Waals surface area contributed by atoms with Crippen molar-refractivity contribution < 1.29 is 8.42 Å². The van der Waals surface area contributed by atoms with E-state index in [4.69, 9.17) is 17.3 Å². The van der Waals surface area contributed by atoms with Gasteiger partial charge in [0.15, 0.2) is 0 Å². The molecule has 0 spiro atoms. The maximum Gasteiger partial charge on any atom is 0.244 e. The lowest BCUT2D eigenvalue weighted by atomic mass is 10.2. The summed E-state index contributed by atoms with van der Waals surface area (Å²) >= 11 is 7.63. The lowest BCUT2D eigenvalue weighted by molar-refractivity contribution is 0.426. The van der Waals surface area contributed by atoms with Crippen LogP contribution in [-0.2, 0) is 16.6 Å². The number of sulfonamides is 1. The van der Waals surface area contributed by atoms with Crippen molar-refractivity contribution in [2.24, 2.45) is 0 Å². The molecule has 0 amide bonds. The van der Waals surface area contributed by atoms with Gasteiger partial charge in [-0.3, -0.25) is 0 Å². The summed E-state index contributed by atoms with van der Waals surface area (Å²) in [6, 6.07) is 6.83. The van der Waals surface area contributed by atoms with E-state index in [0.29, 0.717) is 18.8 Å². The van der Waals surface area contributed by atoms with Gasteiger partial charge in [0, 0.05) is 23.7 Å². The Balaban J connectivity index is 2.42. The van der Waals surface area contributed by atoms with Gasteiger partial charge in [0.2, 0.25) is 10.0 Å². The fourth-order valence-corrected chi connectivity index (χ4v) is 4.77. The van der Waals surface area contributed by atoms with Crippen LogP contribution in [0.1, 0.15) is 17.4 Å². The van der Waals surface area contributed by atoms with Gasteiger partial charge >= 0.3 is 0 Å². The molecule has 1 heterocycles. The summed E-state index contributed by atoms with van der Waals surface area (Å²) in [6.07, 6.45) is 0. The van der Waals surface area contributed by atoms with Gasteiger partial charge in [0.1, 0.15) is 4.90 Å². The molecule has 1 aromatic carbocycles. The minimum absolute atomic E-state index is 0.0608. The fraction of sp³-hybridized carbons (Fsp3) is 0.286. The van der Waals surface area contributed by atoms with Crippen molar-refractivity contribution in [3.63, 3.8) is 0 Å². The van der Waals surface area contributed by atoms with Gasteiger partial charge in [-0.1, -0.05) is 24.6 Å². The van der Waals surface area contributed by atoms with Crippen LogP contribution in [0.25, 0.3) is 0 Å². The van der Waals surface area contributed by atoms with Crippen LogP contribution in [0.5, 0.6) is 0 Å². The maximum absolute atomic E-state index is 12.8. The van der Waals surface area contributed by atoms with E-state index in [9.17, 15) is 8.42 Å². The monoisotopic (exact) mass is 344 g/mol. The van der Waals surface area contributed by atoms with E-state index in [1.807, 2.05) is 17.5 Å². The smallest absolute Gasteiger partial charge is 0.244 e. The quantitative estimate of drug-likeness (QED) is 0.844. The van der Waals surface area contributed by atoms with E-state index >= 15 is 0 Å². The number of hydrogen-bond donors (Lipinski definition) is 1. The average molecular weight is 345 g/mol. The maximum atomic E-state index is 12.8. The number of nitrogens with zero attached hydrogens (tertiary/aromatic N) is 1. The third kappa shape index (κ3) is 3.40. The largest absolute Gasteiger partial charge is 0.398 e. The van der Waals surface area contributed by atoms with Gasteiger partial charge in [-0.2, -0.15) is 4.31 Å². The summed E-state index contributed by atoms with van der Waals surface area (Å²) < 4.78 is 26.9. The van der Waals surface area contributed by atoms with Crippen molar-refractivity contribution in [2.45, 2.75) is 25.3 Å². The molecule has 0 fully saturated rings. The fourth-order valence-electron chi connectivity index (χ4n) is 1.95. The summed E-state index contributed by atoms with van der Waals surface area (Å²) in [5.74, 6) is 0. The molecule has 2 rings (SSSR count). The first kappa shape index (κ1) is 16.3. The highest BCUT2D eigenvalue weighted by molar-refractivity contribution is 7.89. The molecule has 0 aliphatic heterocycles. The molecule has 0 unspecified atom stereocenters. The average Bonchev–Trinajstić information content (AvgIpc) is 2.92. The number of anilines is 1. The number of thiophene rings is 1. The summed E-state index contributed by atoms with van der Waals surface area (Å²) in [5.41, 5.74) is 7.01. The first-order chi connectivity index (χ1) is 9.86. The second-order valence-corrected chi connectivity index (χ2v) is 8.00. The normalized spacial score (nSPS) is 12.0. The molecule has 0 aliphatic carbocycles. The lowest BCUT2D eigenvalue weighted by Crippen LogP contribution is -2.30. The van der Waals surface area contributed by atoms with Gasteiger partial charge in [-0.25, -0.2) is 8.42 Å². The standard InChI is InChI=1S/C14H17ClN2O2S2/c1-3-17(9-11-5-4-6-20-11)21(18,19)14-8-13(16)10(2)7-12(14)15/h4-8H,3,9,16H2,1-2H3. The summed E-state index contributed by atoms with van der Waals surface area (Å²) in [4.78, 5) is 1.04. The van der Waals surface area contributed by atoms with E-state index in [1.165, 1.54) is 21.7 Å². The van der Waals surface area contributed by atoms with Crippen LogP contribution in [0.15, 0.2) is 34.5 Å². The third-order valence-electron chi connectivity index (χ3n) is 3.20. The predicted octanol–water partition coefficient (Wildman–Crippen LogP) is 3.50. The number of nitrogens with two attached hydrogens (primary N) is 1. The van der Waals surface area contributed by atoms with E-state index in [0.717, 1.165) is 10.4 Å². The van der Waals surface area contributed by atoms with E-state index in [-0.39, 0.29) is 9.92 Å². The molecule has 2 N–H and O–H groups in total. The second kappa shape index (κ2) is 6.36. The Kier molecular flexibility index (Phi) is 4.93. The topological polar surface area (TPSA) is 63.4 Å². The van der Waals surface area contributed by atoms with Crippen LogP contribution in [0.3, 0.4) is 0 Å². The van der Waals surface area contributed by atoms with E-state index < -0.39 is 10.0 Å². The first-order valence-corrected chi connectivity index (χ1v) is 9.14. The Morgan fingerprint density at radius 3 is 2.67 bits per heavy atom. The van der Waals surface area contributed by atoms with Crippen molar-refractivity contribution >= 4 is 38.6 Å². The van der Waals surface area contributed by atoms with Gasteiger partial charge in [-0.05, 0) is 36.1 Å². The molecule has 0 atom stereocenters. The molecule has 0 saturated carbocycles. The Labute approximate surface area is 134 Å². The number of nitrogen functional groups attached to an aromatic ring is 1. The van der Waals surface area contributed by atoms with Crippen LogP contribution in [0.2, 0.25) is 5.02 Å². The van der Waals surface area contributed by atoms with Crippen molar-refractivity contribution in [2.75, 3.05) is 12.3 Å². The van der Waals surface area contributed by atoms with Gasteiger partial charge in [-0.15, -0.1) is 11.3 Å². The Bertz CT molecular complexity index is 728. The molecule has 0 aliphatic rings. The highest BCUT2D eigenvalue weighted by Gasteiger charge is 2.26. The molecular weight excluding hydrogens is 328 g/mol. The zero-order valence-electron chi connectivity index (χ0n) is 11.8. The molecule has 1 aromatic heterocycles. The highest BCUT2D eigenvalue weighted by atomic mass is 35.5. The molecule has 21 heavy (non-hydrogen) atoms. The van der Waals surface area contributed by atoms with Crippen LogP contribution in [-0.4, -0.2) is 19.3 Å². The first-order valence-electron chi connectivity index (χ1n) is 6.44. The van der Waals surface area contributed by atoms with Crippen LogP contribution in [0.4, 0.5) is 5.69 Å². The van der Waals surface area contributed by atoms with Gasteiger partial charge in [0.05, 0.1) is 5.02 Å². The molecule has 2 aromatic rings. The van der Waals surface area contributed by atoms with E-state index in [1.54, 1.807) is 19.9 Å². The number of halogens is 1. The summed E-state index contributed by atoms with van der Waals surface area (Å²) in [6.45, 7) is 4.29. The van der Waals surface area contributed by atoms with Crippen LogP contribution >= 0.6 is 22.9 Å². The Hall–Kier alpha value is -1.08. The molecular formula is C14H17ClN2O2S2. The van der Waals surface area contributed by atoms with Crippen LogP contribution in [0, 0.1) is 6.92 Å². The second-order valence-electron chi connectivity index (χ2n) is 4.65. The number of aryl methyl sites for hydroxylation is 1. The lowest BCUT2D eigenvalue weighted by Gasteiger charge is -2.21. The molecule has 114 valence electrons. The minimum atomic E-state index is -3.67. The van der Waals surface area contributed by atoms with Crippen molar-refractivity contribution in [3.05, 3.63) is 45.1 Å². The van der Waals surface area contributed by atoms with Crippen molar-refractivity contribution in [1.29, 1.82) is 0 Å². The van der Waals surface area contributed by atoms with Crippen molar-refractivity contribution in [3.8, 4) is 0 Å². The molecule has 0 bridgehead atoms. The minimum Gasteiger partial charge on any atom is -0.398 e. The SMILES string of the molecule is CCN(Cc1cccs1)S(=O)(=O)c1cc(N)c(C)cc1Cl. The van der Waals surface area contributed by atoms with Crippen LogP contribution < -0.4 is 5.73 Å². The zero-order valence-corrected chi connectivity index (χ0v) is 14.2. The highest BCUT2D eigenvalue weighted by Crippen LogP contribution is 2.30. The van der Waals surface area contributed by atoms with Gasteiger partial charge in [0.25, 0.3) is 0 Å². The summed E-state index contributed by atoms with van der Waals surface area (Å²) in [7, 11) is -3.67. The number of rotatable bonds is 5. The van der Waals surface area contributed by atoms with E-state index in [2.05, 4.69) is 0 Å². The molecule has 4 nitrogen and oxygen atoms in total. The van der Waals surface area contributed by atoms with Gasteiger partial charge < -0.3 is 5.73 Å². The zero-order chi connectivity index (χ0) is 15.6. The molecule has 7 heteroatoms. The Morgan fingerprint density at radius 2 is 2.10 bits per heavy atom. The molecule has 0 radical (unpaired) electrons. The third-order valence-corrected chi connectivity index (χ3v) is 6.45. The number of benzene rings is 1. The Morgan fingerprint density at radius 1 is 1.38 bits per heavy atom. The van der Waals surface area contributed by atoms with Crippen molar-refractivity contribution in [1.82, 2.24) is 4.31 Å². The predicted molar refractivity (Wildman–Crippen MR) is 88.2 cm³/mol. The number of hydrogen-bond acceptors (Lipinski definition) is 4.